The van der Waals surface area contributed by atoms with Crippen LogP contribution in [0.25, 0.3) is 0 Å². The lowest BCUT2D eigenvalue weighted by Gasteiger charge is -2.33. The highest BCUT2D eigenvalue weighted by Gasteiger charge is 2.24. The third-order valence-corrected chi connectivity index (χ3v) is 4.20. The molecule has 0 amide bonds. The van der Waals surface area contributed by atoms with Gasteiger partial charge in [0.1, 0.15) is 0 Å². The zero-order valence-electron chi connectivity index (χ0n) is 11.4. The van der Waals surface area contributed by atoms with Crippen LogP contribution in [0.4, 0.5) is 0 Å². The Morgan fingerprint density at radius 1 is 1.39 bits per heavy atom. The molecule has 1 heterocycles. The van der Waals surface area contributed by atoms with E-state index in [4.69, 9.17) is 0 Å². The monoisotopic (exact) mass is 251 g/mol. The Kier molecular flexibility index (Phi) is 4.78. The van der Waals surface area contributed by atoms with Crippen molar-refractivity contribution < 1.29 is 5.11 Å². The molecule has 1 aliphatic carbocycles. The first-order valence-corrected chi connectivity index (χ1v) is 7.04. The van der Waals surface area contributed by atoms with Gasteiger partial charge in [0.15, 0.2) is 0 Å². The summed E-state index contributed by atoms with van der Waals surface area (Å²) < 4.78 is 1.78. The fraction of sp³-hybridized carbons (Fsp3) is 0.786. The summed E-state index contributed by atoms with van der Waals surface area (Å²) in [6.07, 6.45) is 7.03. The highest BCUT2D eigenvalue weighted by atomic mass is 16.3. The second kappa shape index (κ2) is 6.34. The van der Waals surface area contributed by atoms with Gasteiger partial charge in [-0.3, -0.25) is 4.68 Å². The zero-order chi connectivity index (χ0) is 13.0. The summed E-state index contributed by atoms with van der Waals surface area (Å²) in [4.78, 5) is 0. The highest BCUT2D eigenvalue weighted by Crippen LogP contribution is 2.29. The molecule has 0 saturated heterocycles. The largest absolute Gasteiger partial charge is 0.390 e. The molecule has 2 rings (SSSR count). The number of nitrogens with one attached hydrogen (secondary N) is 1. The molecule has 4 nitrogen and oxygen atoms in total. The zero-order valence-corrected chi connectivity index (χ0v) is 11.4. The minimum Gasteiger partial charge on any atom is -0.390 e. The molecule has 102 valence electrons. The number of hydrogen-bond acceptors (Lipinski definition) is 3. The second-order valence-electron chi connectivity index (χ2n) is 5.75. The molecule has 1 aromatic rings. The van der Waals surface area contributed by atoms with E-state index in [0.29, 0.717) is 19.1 Å². The number of aliphatic hydroxyl groups excluding tert-OH is 1. The van der Waals surface area contributed by atoms with Crippen LogP contribution in [-0.2, 0) is 6.54 Å². The number of hydrogen-bond donors (Lipinski definition) is 2. The van der Waals surface area contributed by atoms with Crippen LogP contribution in [0, 0.1) is 11.8 Å². The fourth-order valence-corrected chi connectivity index (χ4v) is 2.72. The molecule has 4 unspecified atom stereocenters. The fourth-order valence-electron chi connectivity index (χ4n) is 2.72. The average molecular weight is 251 g/mol. The van der Waals surface area contributed by atoms with E-state index in [9.17, 15) is 5.11 Å². The molecule has 0 spiro atoms. The third-order valence-electron chi connectivity index (χ3n) is 4.20. The van der Waals surface area contributed by atoms with Crippen LogP contribution in [-0.4, -0.2) is 33.6 Å². The molecule has 1 saturated carbocycles. The van der Waals surface area contributed by atoms with Crippen molar-refractivity contribution in [3.05, 3.63) is 18.5 Å². The van der Waals surface area contributed by atoms with E-state index in [1.165, 1.54) is 19.3 Å². The Balaban J connectivity index is 1.68. The molecule has 0 aromatic carbocycles. The van der Waals surface area contributed by atoms with Crippen LogP contribution in [0.5, 0.6) is 0 Å². The molecule has 0 bridgehead atoms. The van der Waals surface area contributed by atoms with E-state index in [2.05, 4.69) is 24.3 Å². The molecule has 18 heavy (non-hydrogen) atoms. The van der Waals surface area contributed by atoms with Crippen LogP contribution < -0.4 is 5.32 Å². The van der Waals surface area contributed by atoms with Crippen molar-refractivity contribution in [2.24, 2.45) is 11.8 Å². The summed E-state index contributed by atoms with van der Waals surface area (Å²) in [6.45, 7) is 5.90. The minimum atomic E-state index is -0.362. The number of aromatic nitrogens is 2. The van der Waals surface area contributed by atoms with E-state index < -0.39 is 0 Å². The van der Waals surface area contributed by atoms with Gasteiger partial charge in [-0.2, -0.15) is 5.10 Å². The van der Waals surface area contributed by atoms with Crippen LogP contribution in [0.3, 0.4) is 0 Å². The normalized spacial score (nSPS) is 30.3. The molecule has 1 aromatic heterocycles. The quantitative estimate of drug-likeness (QED) is 0.837. The summed E-state index contributed by atoms with van der Waals surface area (Å²) >= 11 is 0. The summed E-state index contributed by atoms with van der Waals surface area (Å²) in [5.74, 6) is 1.64. The molecular formula is C14H25N3O. The van der Waals surface area contributed by atoms with E-state index in [0.717, 1.165) is 11.8 Å². The van der Waals surface area contributed by atoms with Gasteiger partial charge in [-0.05, 0) is 37.2 Å². The topological polar surface area (TPSA) is 50.1 Å². The Morgan fingerprint density at radius 2 is 2.22 bits per heavy atom. The smallest absolute Gasteiger partial charge is 0.0860 e. The van der Waals surface area contributed by atoms with Gasteiger partial charge in [0.25, 0.3) is 0 Å². The average Bonchev–Trinajstić information content (AvgIpc) is 2.83. The standard InChI is InChI=1S/C14H25N3O/c1-11-4-5-13(8-12(11)2)15-9-14(18)10-17-7-3-6-16-17/h3,6-7,11-15,18H,4-5,8-10H2,1-2H3. The number of rotatable bonds is 5. The van der Waals surface area contributed by atoms with Crippen LogP contribution in [0.2, 0.25) is 0 Å². The molecular weight excluding hydrogens is 226 g/mol. The molecule has 0 radical (unpaired) electrons. The van der Waals surface area contributed by atoms with E-state index in [1.807, 2.05) is 12.3 Å². The molecule has 1 fully saturated rings. The lowest BCUT2D eigenvalue weighted by molar-refractivity contribution is 0.133. The van der Waals surface area contributed by atoms with Crippen molar-refractivity contribution >= 4 is 0 Å². The van der Waals surface area contributed by atoms with Crippen molar-refractivity contribution in [1.82, 2.24) is 15.1 Å². The van der Waals surface area contributed by atoms with Gasteiger partial charge in [0.2, 0.25) is 0 Å². The van der Waals surface area contributed by atoms with Gasteiger partial charge < -0.3 is 10.4 Å². The van der Waals surface area contributed by atoms with Crippen molar-refractivity contribution in [2.75, 3.05) is 6.54 Å². The van der Waals surface area contributed by atoms with E-state index in [1.54, 1.807) is 10.9 Å². The minimum absolute atomic E-state index is 0.362. The maximum Gasteiger partial charge on any atom is 0.0860 e. The Hall–Kier alpha value is -0.870. The van der Waals surface area contributed by atoms with Gasteiger partial charge in [-0.1, -0.05) is 13.8 Å². The molecule has 4 atom stereocenters. The lowest BCUT2D eigenvalue weighted by Crippen LogP contribution is -2.41. The maximum absolute atomic E-state index is 9.95. The SMILES string of the molecule is CC1CCC(NCC(O)Cn2cccn2)CC1C. The van der Waals surface area contributed by atoms with Crippen molar-refractivity contribution in [1.29, 1.82) is 0 Å². The van der Waals surface area contributed by atoms with Gasteiger partial charge in [0.05, 0.1) is 12.6 Å². The van der Waals surface area contributed by atoms with Crippen LogP contribution >= 0.6 is 0 Å². The Morgan fingerprint density at radius 3 is 2.89 bits per heavy atom. The first-order valence-electron chi connectivity index (χ1n) is 7.04. The van der Waals surface area contributed by atoms with E-state index >= 15 is 0 Å². The summed E-state index contributed by atoms with van der Waals surface area (Å²) in [5, 5.41) is 17.5. The predicted octanol–water partition coefficient (Wildman–Crippen LogP) is 1.66. The number of nitrogens with zero attached hydrogens (tertiary/aromatic N) is 2. The van der Waals surface area contributed by atoms with Crippen molar-refractivity contribution in [3.8, 4) is 0 Å². The van der Waals surface area contributed by atoms with Crippen molar-refractivity contribution in [3.63, 3.8) is 0 Å². The highest BCUT2D eigenvalue weighted by molar-refractivity contribution is 4.82. The van der Waals surface area contributed by atoms with Gasteiger partial charge in [-0.25, -0.2) is 0 Å². The van der Waals surface area contributed by atoms with Crippen molar-refractivity contribution in [2.45, 2.75) is 51.8 Å². The summed E-state index contributed by atoms with van der Waals surface area (Å²) in [6, 6.07) is 2.45. The third kappa shape index (κ3) is 3.82. The second-order valence-corrected chi connectivity index (χ2v) is 5.75. The van der Waals surface area contributed by atoms with Gasteiger partial charge in [0, 0.05) is 25.0 Å². The molecule has 1 aliphatic rings. The first kappa shape index (κ1) is 13.6. The van der Waals surface area contributed by atoms with Crippen LogP contribution in [0.1, 0.15) is 33.1 Å². The Bertz CT molecular complexity index is 339. The van der Waals surface area contributed by atoms with E-state index in [-0.39, 0.29) is 6.10 Å². The number of aliphatic hydroxyl groups is 1. The predicted molar refractivity (Wildman–Crippen MR) is 72.2 cm³/mol. The summed E-state index contributed by atoms with van der Waals surface area (Å²) in [5.41, 5.74) is 0. The maximum atomic E-state index is 9.95. The summed E-state index contributed by atoms with van der Waals surface area (Å²) in [7, 11) is 0. The molecule has 2 N–H and O–H groups in total. The Labute approximate surface area is 109 Å². The molecule has 4 heteroatoms. The first-order chi connectivity index (χ1) is 8.65. The molecule has 0 aliphatic heterocycles. The lowest BCUT2D eigenvalue weighted by atomic mass is 9.79. The van der Waals surface area contributed by atoms with Crippen LogP contribution in [0.15, 0.2) is 18.5 Å². The van der Waals surface area contributed by atoms with Gasteiger partial charge >= 0.3 is 0 Å². The van der Waals surface area contributed by atoms with Gasteiger partial charge in [-0.15, -0.1) is 0 Å².